The van der Waals surface area contributed by atoms with E-state index in [-0.39, 0.29) is 49.5 Å². The molecule has 0 unspecified atom stereocenters. The molecule has 3 saturated carbocycles. The molecule has 7 rings (SSSR count). The molecular weight excluding hydrogens is 1340 g/mol. The molecule has 1 aromatic rings. The molecule has 8 atom stereocenters. The first-order valence-electron chi connectivity index (χ1n) is 35.9. The molecule has 3 aliphatic carbocycles. The third-order valence-corrected chi connectivity index (χ3v) is 22.2. The summed E-state index contributed by atoms with van der Waals surface area (Å²) < 4.78 is 73.8. The van der Waals surface area contributed by atoms with E-state index >= 15 is 28.0 Å². The monoisotopic (exact) mass is 1450 g/mol. The molecule has 12 amide bonds. The Bertz CT molecular complexity index is 3200. The third kappa shape index (κ3) is 20.2. The number of amides is 12. The molecule has 0 bridgehead atoms. The molecule has 3 aliphatic heterocycles. The summed E-state index contributed by atoms with van der Waals surface area (Å²) in [7, 11) is 9.53. The van der Waals surface area contributed by atoms with E-state index in [2.05, 4.69) is 16.0 Å². The van der Waals surface area contributed by atoms with Crippen LogP contribution in [0.4, 0.5) is 22.0 Å². The van der Waals surface area contributed by atoms with Crippen molar-refractivity contribution in [3.8, 4) is 0 Å². The molecule has 3 N–H and O–H groups in total. The molecule has 0 aromatic heterocycles. The van der Waals surface area contributed by atoms with Gasteiger partial charge >= 0.3 is 6.18 Å². The number of nitrogens with one attached hydrogen (secondary N) is 3. The van der Waals surface area contributed by atoms with E-state index in [1.54, 1.807) is 11.8 Å². The second kappa shape index (κ2) is 34.9. The molecule has 3 heterocycles. The van der Waals surface area contributed by atoms with Gasteiger partial charge in [0.25, 0.3) is 5.92 Å². The van der Waals surface area contributed by atoms with Crippen molar-refractivity contribution < 1.29 is 79.5 Å². The Kier molecular flexibility index (Phi) is 28.0. The van der Waals surface area contributed by atoms with Gasteiger partial charge < -0.3 is 60.0 Å². The Morgan fingerprint density at radius 1 is 0.653 bits per heavy atom. The number of rotatable bonds is 11. The Morgan fingerprint density at radius 3 is 1.82 bits per heavy atom. The number of hydrogen-bond donors (Lipinski definition) is 3. The number of hydrogen-bond acceptors (Lipinski definition) is 12. The lowest BCUT2D eigenvalue weighted by molar-refractivity contribution is -0.158. The topological polar surface area (TPSA) is 270 Å². The van der Waals surface area contributed by atoms with Crippen LogP contribution in [0, 0.1) is 23.7 Å². The predicted octanol–water partition coefficient (Wildman–Crippen LogP) is 5.89. The van der Waals surface area contributed by atoms with Crippen LogP contribution in [0.15, 0.2) is 18.2 Å². The van der Waals surface area contributed by atoms with Crippen LogP contribution in [0.2, 0.25) is 5.02 Å². The number of carbonyl (C=O) groups excluding carboxylic acids is 12. The molecule has 1 aromatic carbocycles. The van der Waals surface area contributed by atoms with E-state index < -0.39 is 199 Å². The second-order valence-corrected chi connectivity index (χ2v) is 30.2. The highest BCUT2D eigenvalue weighted by molar-refractivity contribution is 6.31. The van der Waals surface area contributed by atoms with Gasteiger partial charge in [0.05, 0.1) is 43.2 Å². The average molecular weight is 1450 g/mol. The quantitative estimate of drug-likeness (QED) is 0.219. The van der Waals surface area contributed by atoms with E-state index in [1.807, 2.05) is 20.8 Å². The number of halogens is 6. The minimum Gasteiger partial charge on any atom is -0.343 e. The highest BCUT2D eigenvalue weighted by Crippen LogP contribution is 2.41. The van der Waals surface area contributed by atoms with E-state index in [0.29, 0.717) is 69.4 Å². The second-order valence-electron chi connectivity index (χ2n) is 29.8. The number of likely N-dealkylation sites (N-methyl/N-ethyl adjacent to an activating group) is 7. The highest BCUT2D eigenvalue weighted by atomic mass is 35.5. The first-order valence-corrected chi connectivity index (χ1v) is 36.3. The predicted molar refractivity (Wildman–Crippen MR) is 365 cm³/mol. The lowest BCUT2D eigenvalue weighted by Crippen LogP contribution is -2.68. The molecular formula is C71H106ClF5N12O12. The summed E-state index contributed by atoms with van der Waals surface area (Å²) in [5, 5.41) is 7.46. The molecule has 564 valence electrons. The van der Waals surface area contributed by atoms with Crippen LogP contribution in [0.5, 0.6) is 0 Å². The summed E-state index contributed by atoms with van der Waals surface area (Å²) in [6, 6.07) is -7.37. The first-order chi connectivity index (χ1) is 47.4. The Labute approximate surface area is 595 Å². The molecule has 1 spiro atoms. The van der Waals surface area contributed by atoms with Crippen molar-refractivity contribution in [2.45, 2.75) is 229 Å². The summed E-state index contributed by atoms with van der Waals surface area (Å²) in [6.45, 7) is 4.62. The minimum atomic E-state index is -4.83. The third-order valence-electron chi connectivity index (χ3n) is 21.9. The fraction of sp³-hybridized carbons (Fsp3) is 0.746. The van der Waals surface area contributed by atoms with Gasteiger partial charge in [-0.1, -0.05) is 103 Å². The van der Waals surface area contributed by atoms with Crippen LogP contribution in [0.1, 0.15) is 174 Å². The van der Waals surface area contributed by atoms with E-state index in [9.17, 15) is 51.5 Å². The van der Waals surface area contributed by atoms with Gasteiger partial charge in [-0.05, 0) is 112 Å². The van der Waals surface area contributed by atoms with Crippen LogP contribution in [0.3, 0.4) is 0 Å². The minimum absolute atomic E-state index is 0.0197. The van der Waals surface area contributed by atoms with Crippen molar-refractivity contribution in [1.82, 2.24) is 60.0 Å². The first kappa shape index (κ1) is 81.1. The molecule has 0 radical (unpaired) electrons. The summed E-state index contributed by atoms with van der Waals surface area (Å²) in [6.07, 6.45) is 2.00. The molecule has 101 heavy (non-hydrogen) atoms. The lowest BCUT2D eigenvalue weighted by atomic mass is 9.74. The number of alkyl halides is 5. The standard InChI is InChI=1S/C71H106ClF5N12O12/c1-12-44(4)59-66(99)83(7)40-57(92)81(5)41-58(93)85(9)52(36-45-22-15-13-16-23-45)64(97)82(6)39-55(90)78-50(29-27-46-26-28-48(49(72)35-46)71(75,76)77)63(96)89-42-70(73,74)38-54(89)62(95)80-69(30-21-31-69)68(101)87(11)60(47-24-17-14-18-25-47)67(100)86(10)53(65(98)88-32-19-20-33-88)37-56(91)84(8)51(34-43(2)3)61(94)79-59/h26,28,35,43-45,47,50-54,59-60H,12-25,27,29-34,36-42H2,1-11H3,(H,78,90)(H,79,94)(H,80,95)/t44-,50-,51-,52-,53-,54-,59-,60-/m0/s1. The van der Waals surface area contributed by atoms with Crippen molar-refractivity contribution >= 4 is 82.5 Å². The number of fused-ring (bicyclic) bond motifs is 1. The highest BCUT2D eigenvalue weighted by Gasteiger charge is 2.56. The van der Waals surface area contributed by atoms with Crippen molar-refractivity contribution in [3.63, 3.8) is 0 Å². The van der Waals surface area contributed by atoms with Gasteiger partial charge in [0.1, 0.15) is 47.8 Å². The SMILES string of the molecule is CC[C@H](C)[C@@H]1NC(=O)[C@H](CC(C)C)N(C)C(=O)C[C@@H](C(=O)N2CCCC2)N(C)C(=O)[C@H](C2CCCCC2)N(C)C(=O)C2(CCC2)NC(=O)[C@@H]2CC(F)(F)CN2C(=O)[C@H](CCc2ccc(C(F)(F)F)c(Cl)c2)NC(=O)CN(C)C(=O)[C@H](CC2CCCCC2)N(C)C(=O)CN(C)C(=O)CN(C)C1=O. The van der Waals surface area contributed by atoms with Crippen LogP contribution < -0.4 is 16.0 Å². The van der Waals surface area contributed by atoms with Crippen molar-refractivity contribution in [2.75, 3.05) is 88.6 Å². The summed E-state index contributed by atoms with van der Waals surface area (Å²) in [4.78, 5) is 188. The molecule has 3 saturated heterocycles. The van der Waals surface area contributed by atoms with Crippen molar-refractivity contribution in [2.24, 2.45) is 23.7 Å². The fourth-order valence-electron chi connectivity index (χ4n) is 15.2. The lowest BCUT2D eigenvalue weighted by Gasteiger charge is -2.47. The van der Waals surface area contributed by atoms with Gasteiger partial charge in [-0.2, -0.15) is 13.2 Å². The summed E-state index contributed by atoms with van der Waals surface area (Å²) >= 11 is 6.10. The van der Waals surface area contributed by atoms with Crippen LogP contribution in [-0.4, -0.2) is 257 Å². The number of aryl methyl sites for hydroxylation is 1. The zero-order valence-electron chi connectivity index (χ0n) is 60.6. The van der Waals surface area contributed by atoms with Gasteiger partial charge in [0.2, 0.25) is 70.9 Å². The van der Waals surface area contributed by atoms with Gasteiger partial charge in [-0.3, -0.25) is 57.5 Å². The smallest absolute Gasteiger partial charge is 0.343 e. The van der Waals surface area contributed by atoms with Gasteiger partial charge in [-0.25, -0.2) is 8.78 Å². The zero-order valence-corrected chi connectivity index (χ0v) is 61.3. The summed E-state index contributed by atoms with van der Waals surface area (Å²) in [5.74, 6) is -14.5. The summed E-state index contributed by atoms with van der Waals surface area (Å²) in [5.41, 5.74) is -2.81. The molecule has 30 heteroatoms. The zero-order chi connectivity index (χ0) is 74.7. The number of nitrogens with zero attached hydrogens (tertiary/aromatic N) is 9. The van der Waals surface area contributed by atoms with E-state index in [1.165, 1.54) is 68.9 Å². The average Bonchev–Trinajstić information content (AvgIpc) is 1.74. The van der Waals surface area contributed by atoms with Crippen LogP contribution in [-0.2, 0) is 70.1 Å². The van der Waals surface area contributed by atoms with Gasteiger partial charge in [-0.15, -0.1) is 0 Å². The molecule has 6 fully saturated rings. The fourth-order valence-corrected chi connectivity index (χ4v) is 15.5. The van der Waals surface area contributed by atoms with Crippen molar-refractivity contribution in [1.29, 1.82) is 0 Å². The largest absolute Gasteiger partial charge is 0.417 e. The van der Waals surface area contributed by atoms with E-state index in [0.717, 1.165) is 71.4 Å². The van der Waals surface area contributed by atoms with Gasteiger partial charge in [0, 0.05) is 68.8 Å². The van der Waals surface area contributed by atoms with Crippen molar-refractivity contribution in [3.05, 3.63) is 34.3 Å². The maximum atomic E-state index is 16.1. The molecule has 24 nitrogen and oxygen atoms in total. The van der Waals surface area contributed by atoms with Gasteiger partial charge in [0.15, 0.2) is 0 Å². The van der Waals surface area contributed by atoms with Crippen LogP contribution in [0.25, 0.3) is 0 Å². The Morgan fingerprint density at radius 2 is 1.25 bits per heavy atom. The molecule has 6 aliphatic rings. The normalized spacial score (nSPS) is 27.1. The Balaban J connectivity index is 1.29. The van der Waals surface area contributed by atoms with Crippen LogP contribution >= 0.6 is 11.6 Å². The maximum Gasteiger partial charge on any atom is 0.417 e. The number of benzene rings is 1. The number of carbonyl (C=O) groups is 12. The maximum absolute atomic E-state index is 16.1. The Hall–Kier alpha value is -7.20. The van der Waals surface area contributed by atoms with E-state index in [4.69, 9.17) is 11.6 Å². The number of likely N-dealkylation sites (tertiary alicyclic amines) is 1.